The largest absolute Gasteiger partial charge is 0.505 e. The van der Waals surface area contributed by atoms with E-state index in [0.717, 1.165) is 58.2 Å². The molecule has 0 saturated carbocycles. The Morgan fingerprint density at radius 1 is 0.690 bits per heavy atom. The summed E-state index contributed by atoms with van der Waals surface area (Å²) in [7, 11) is -8.30. The van der Waals surface area contributed by atoms with Crippen LogP contribution in [0.4, 0.5) is 0 Å². The van der Waals surface area contributed by atoms with Gasteiger partial charge in [-0.05, 0) is 47.9 Å². The standard InChI is InChI=1S/C29H18N2O5S6/c1-4-17-6-10-19(11-7-17)41(33,34)21(14-30)28-37-24-16(3)25-27(23(32)26(24)39-28)40-29(38-25)22(15-31)42(35,36)20-12-8-18(5-2)9-13-20/h4-13,32H,1-2H2,3H3/b28-21-,29-22+. The summed E-state index contributed by atoms with van der Waals surface area (Å²) in [6.07, 6.45) is 3.16. The van der Waals surface area contributed by atoms with E-state index in [9.17, 15) is 32.5 Å². The molecule has 0 aromatic heterocycles. The van der Waals surface area contributed by atoms with Crippen molar-refractivity contribution in [3.05, 3.63) is 96.7 Å². The summed E-state index contributed by atoms with van der Waals surface area (Å²) >= 11 is 4.06. The normalized spacial score (nSPS) is 16.5. The average molecular weight is 667 g/mol. The number of sulfone groups is 2. The van der Waals surface area contributed by atoms with Crippen molar-refractivity contribution in [2.24, 2.45) is 0 Å². The summed E-state index contributed by atoms with van der Waals surface area (Å²) < 4.78 is 53.9. The molecule has 3 aromatic rings. The van der Waals surface area contributed by atoms with E-state index in [1.54, 1.807) is 43.3 Å². The molecular formula is C29H18N2O5S6. The molecule has 2 aliphatic rings. The van der Waals surface area contributed by atoms with E-state index in [0.29, 0.717) is 25.1 Å². The number of benzene rings is 3. The summed E-state index contributed by atoms with van der Waals surface area (Å²) in [6, 6.07) is 15.7. The Morgan fingerprint density at radius 3 is 1.33 bits per heavy atom. The molecule has 13 heteroatoms. The number of rotatable bonds is 6. The molecule has 0 atom stereocenters. The Balaban J connectivity index is 1.54. The van der Waals surface area contributed by atoms with Gasteiger partial charge in [0.1, 0.15) is 17.9 Å². The molecular weight excluding hydrogens is 649 g/mol. The van der Waals surface area contributed by atoms with Gasteiger partial charge in [0.15, 0.2) is 9.81 Å². The molecule has 1 N–H and O–H groups in total. The number of phenolic OH excluding ortho intramolecular Hbond substituents is 1. The lowest BCUT2D eigenvalue weighted by atomic mass is 10.2. The molecule has 7 nitrogen and oxygen atoms in total. The van der Waals surface area contributed by atoms with Crippen LogP contribution in [-0.4, -0.2) is 21.9 Å². The third-order valence-electron chi connectivity index (χ3n) is 6.27. The lowest BCUT2D eigenvalue weighted by molar-refractivity contribution is 0.441. The predicted molar refractivity (Wildman–Crippen MR) is 169 cm³/mol. The van der Waals surface area contributed by atoms with E-state index in [1.165, 1.54) is 24.3 Å². The highest BCUT2D eigenvalue weighted by molar-refractivity contribution is 8.26. The van der Waals surface area contributed by atoms with Crippen molar-refractivity contribution in [2.45, 2.75) is 36.3 Å². The number of allylic oxidation sites excluding steroid dienone is 2. The highest BCUT2D eigenvalue weighted by Gasteiger charge is 2.38. The molecule has 0 aliphatic carbocycles. The van der Waals surface area contributed by atoms with Crippen LogP contribution in [0.1, 0.15) is 16.7 Å². The summed E-state index contributed by atoms with van der Waals surface area (Å²) in [5.41, 5.74) is 2.13. The minimum absolute atomic E-state index is 0.0389. The number of phenols is 1. The van der Waals surface area contributed by atoms with Crippen LogP contribution in [0.5, 0.6) is 5.75 Å². The SMILES string of the molecule is C=Cc1ccc(S(=O)(=O)/C(C#N)=C2/Sc3c(C)c4c(c(O)c3S2)S/C(=C(\C#N)S(=O)(=O)c2ccc(C=C)cc2)S4)cc1. The van der Waals surface area contributed by atoms with E-state index in [2.05, 4.69) is 13.2 Å². The first-order valence-corrected chi connectivity index (χ1v) is 18.1. The fourth-order valence-electron chi connectivity index (χ4n) is 4.03. The Labute approximate surface area is 260 Å². The lowest BCUT2D eigenvalue weighted by Gasteiger charge is -2.09. The number of hydrogen-bond acceptors (Lipinski definition) is 11. The zero-order chi connectivity index (χ0) is 30.4. The predicted octanol–water partition coefficient (Wildman–Crippen LogP) is 7.72. The van der Waals surface area contributed by atoms with Gasteiger partial charge in [0.25, 0.3) is 0 Å². The number of thioether (sulfide) groups is 4. The Bertz CT molecular complexity index is 1870. The van der Waals surface area contributed by atoms with Crippen LogP contribution in [-0.2, 0) is 19.7 Å². The monoisotopic (exact) mass is 666 g/mol. The number of hydrogen-bond donors (Lipinski definition) is 1. The molecule has 0 fully saturated rings. The maximum absolute atomic E-state index is 13.4. The van der Waals surface area contributed by atoms with Gasteiger partial charge in [-0.25, -0.2) is 16.8 Å². The molecule has 0 saturated heterocycles. The van der Waals surface area contributed by atoms with Crippen LogP contribution in [0, 0.1) is 29.6 Å². The number of nitrogens with zero attached hydrogens (tertiary/aromatic N) is 2. The first-order valence-electron chi connectivity index (χ1n) is 11.8. The molecule has 0 unspecified atom stereocenters. The fraction of sp³-hybridized carbons (Fsp3) is 0.0345. The highest BCUT2D eigenvalue weighted by atomic mass is 32.2. The third-order valence-corrected chi connectivity index (χ3v) is 15.7. The van der Waals surface area contributed by atoms with Crippen molar-refractivity contribution in [1.82, 2.24) is 0 Å². The van der Waals surface area contributed by atoms with Gasteiger partial charge in [0.2, 0.25) is 19.7 Å². The molecule has 3 aromatic carbocycles. The van der Waals surface area contributed by atoms with Gasteiger partial charge in [0.05, 0.1) is 28.1 Å². The molecule has 5 rings (SSSR count). The van der Waals surface area contributed by atoms with E-state index >= 15 is 0 Å². The minimum Gasteiger partial charge on any atom is -0.505 e. The fourth-order valence-corrected chi connectivity index (χ4v) is 13.0. The van der Waals surface area contributed by atoms with E-state index in [1.807, 2.05) is 12.1 Å². The molecule has 0 radical (unpaired) electrons. The third kappa shape index (κ3) is 5.00. The first kappa shape index (κ1) is 30.2. The van der Waals surface area contributed by atoms with Crippen LogP contribution in [0.3, 0.4) is 0 Å². The molecule has 0 amide bonds. The number of fused-ring (bicyclic) bond motifs is 2. The van der Waals surface area contributed by atoms with E-state index < -0.39 is 29.5 Å². The zero-order valence-electron chi connectivity index (χ0n) is 21.6. The second-order valence-corrected chi connectivity index (χ2v) is 17.1. The maximum atomic E-state index is 13.4. The summed E-state index contributed by atoms with van der Waals surface area (Å²) in [4.78, 5) is 0.921. The Hall–Kier alpha value is -3.30. The van der Waals surface area contributed by atoms with Crippen LogP contribution in [0.25, 0.3) is 12.2 Å². The zero-order valence-corrected chi connectivity index (χ0v) is 26.5. The first-order chi connectivity index (χ1) is 20.0. The summed E-state index contributed by atoms with van der Waals surface area (Å²) in [5.74, 6) is -0.166. The van der Waals surface area contributed by atoms with Gasteiger partial charge in [-0.2, -0.15) is 10.5 Å². The molecule has 0 spiro atoms. The summed E-state index contributed by atoms with van der Waals surface area (Å²) in [5, 5.41) is 31.0. The Kier molecular flexibility index (Phi) is 8.20. The minimum atomic E-state index is -4.15. The van der Waals surface area contributed by atoms with Crippen LogP contribution < -0.4 is 0 Å². The van der Waals surface area contributed by atoms with Crippen LogP contribution in [0.2, 0.25) is 0 Å². The van der Waals surface area contributed by atoms with Gasteiger partial charge < -0.3 is 5.11 Å². The lowest BCUT2D eigenvalue weighted by Crippen LogP contribution is -2.04. The van der Waals surface area contributed by atoms with Crippen molar-refractivity contribution in [3.8, 4) is 17.9 Å². The summed E-state index contributed by atoms with van der Waals surface area (Å²) in [6.45, 7) is 9.08. The van der Waals surface area contributed by atoms with Crippen molar-refractivity contribution in [2.75, 3.05) is 0 Å². The van der Waals surface area contributed by atoms with Crippen LogP contribution >= 0.6 is 47.0 Å². The average Bonchev–Trinajstić information content (AvgIpc) is 3.63. The maximum Gasteiger partial charge on any atom is 0.218 e. The van der Waals surface area contributed by atoms with Gasteiger partial charge in [-0.15, -0.1) is 0 Å². The molecule has 2 aliphatic heterocycles. The van der Waals surface area contributed by atoms with Crippen LogP contribution in [0.15, 0.2) is 109 Å². The van der Waals surface area contributed by atoms with Crippen molar-refractivity contribution >= 4 is 78.9 Å². The van der Waals surface area contributed by atoms with Gasteiger partial charge in [-0.1, -0.05) is 96.6 Å². The smallest absolute Gasteiger partial charge is 0.218 e. The van der Waals surface area contributed by atoms with Gasteiger partial charge in [-0.3, -0.25) is 0 Å². The topological polar surface area (TPSA) is 136 Å². The number of nitriles is 2. The quantitative estimate of drug-likeness (QED) is 0.259. The van der Waals surface area contributed by atoms with Gasteiger partial charge in [0, 0.05) is 9.79 Å². The molecule has 210 valence electrons. The second-order valence-electron chi connectivity index (χ2n) is 8.71. The highest BCUT2D eigenvalue weighted by Crippen LogP contribution is 2.66. The molecule has 42 heavy (non-hydrogen) atoms. The second kappa shape index (κ2) is 11.4. The van der Waals surface area contributed by atoms with E-state index in [-0.39, 0.29) is 24.0 Å². The van der Waals surface area contributed by atoms with E-state index in [4.69, 9.17) is 0 Å². The Morgan fingerprint density at radius 2 is 1.02 bits per heavy atom. The molecule has 0 bridgehead atoms. The van der Waals surface area contributed by atoms with Crippen molar-refractivity contribution in [3.63, 3.8) is 0 Å². The van der Waals surface area contributed by atoms with Crippen molar-refractivity contribution < 1.29 is 21.9 Å². The van der Waals surface area contributed by atoms with Crippen molar-refractivity contribution in [1.29, 1.82) is 10.5 Å². The number of aromatic hydroxyl groups is 1. The van der Waals surface area contributed by atoms with Gasteiger partial charge >= 0.3 is 0 Å². The molecule has 2 heterocycles.